The van der Waals surface area contributed by atoms with Gasteiger partial charge in [-0.1, -0.05) is 48.5 Å². The molecule has 2 atom stereocenters. The highest BCUT2D eigenvalue weighted by atomic mass is 16.5. The largest absolute Gasteiger partial charge is 0.457 e. The maximum Gasteiger partial charge on any atom is 0.128 e. The molecule has 0 bridgehead atoms. The van der Waals surface area contributed by atoms with Crippen molar-refractivity contribution in [1.29, 1.82) is 0 Å². The number of aromatic nitrogens is 1. The van der Waals surface area contributed by atoms with Gasteiger partial charge >= 0.3 is 0 Å². The van der Waals surface area contributed by atoms with Crippen molar-refractivity contribution in [2.45, 2.75) is 12.1 Å². The van der Waals surface area contributed by atoms with Crippen LogP contribution < -0.4 is 10.1 Å². The molecular formula is C24H24N2O2. The van der Waals surface area contributed by atoms with Crippen LogP contribution in [0.4, 0.5) is 0 Å². The normalized spacial score (nSPS) is 13.4. The first-order chi connectivity index (χ1) is 13.8. The Morgan fingerprint density at radius 2 is 1.61 bits per heavy atom. The van der Waals surface area contributed by atoms with E-state index < -0.39 is 6.10 Å². The molecule has 2 N–H and O–H groups in total. The number of para-hydroxylation sites is 1. The van der Waals surface area contributed by atoms with Crippen molar-refractivity contribution in [1.82, 2.24) is 9.88 Å². The molecule has 0 saturated heterocycles. The molecule has 4 heteroatoms. The molecule has 4 nitrogen and oxygen atoms in total. The SMILES string of the molecule is CNCC(O)C(c1ccccc1)n1ccc2cc(Oc3ccccc3)ccc21. The van der Waals surface area contributed by atoms with E-state index in [1.54, 1.807) is 0 Å². The van der Waals surface area contributed by atoms with Crippen molar-refractivity contribution in [3.8, 4) is 11.5 Å². The average Bonchev–Trinajstić information content (AvgIpc) is 3.13. The molecule has 4 aromatic rings. The van der Waals surface area contributed by atoms with Gasteiger partial charge in [0.1, 0.15) is 11.5 Å². The Hall–Kier alpha value is -3.08. The summed E-state index contributed by atoms with van der Waals surface area (Å²) in [6.07, 6.45) is 1.48. The minimum absolute atomic E-state index is 0.174. The third kappa shape index (κ3) is 3.79. The number of benzene rings is 3. The summed E-state index contributed by atoms with van der Waals surface area (Å²) < 4.78 is 8.10. The highest BCUT2D eigenvalue weighted by Crippen LogP contribution is 2.31. The maximum absolute atomic E-state index is 10.8. The number of nitrogens with one attached hydrogen (secondary N) is 1. The summed E-state index contributed by atoms with van der Waals surface area (Å²) in [5, 5.41) is 15.0. The van der Waals surface area contributed by atoms with Crippen LogP contribution in [0.25, 0.3) is 10.9 Å². The van der Waals surface area contributed by atoms with Crippen molar-refractivity contribution >= 4 is 10.9 Å². The van der Waals surface area contributed by atoms with Crippen LogP contribution in [0.2, 0.25) is 0 Å². The van der Waals surface area contributed by atoms with E-state index in [4.69, 9.17) is 4.74 Å². The van der Waals surface area contributed by atoms with Gasteiger partial charge in [0.05, 0.1) is 12.1 Å². The molecule has 2 unspecified atom stereocenters. The van der Waals surface area contributed by atoms with Crippen LogP contribution in [0.15, 0.2) is 91.1 Å². The molecular weight excluding hydrogens is 348 g/mol. The first-order valence-electron chi connectivity index (χ1n) is 9.47. The molecule has 0 saturated carbocycles. The fourth-order valence-electron chi connectivity index (χ4n) is 3.61. The minimum atomic E-state index is -0.553. The molecule has 1 heterocycles. The van der Waals surface area contributed by atoms with E-state index in [0.29, 0.717) is 6.54 Å². The van der Waals surface area contributed by atoms with E-state index in [9.17, 15) is 5.11 Å². The van der Waals surface area contributed by atoms with E-state index in [2.05, 4.69) is 34.1 Å². The third-order valence-electron chi connectivity index (χ3n) is 4.89. The standard InChI is InChI=1S/C24H24N2O2/c1-25-17-23(27)24(18-8-4-2-5-9-18)26-15-14-19-16-21(12-13-22(19)26)28-20-10-6-3-7-11-20/h2-16,23-25,27H,17H2,1H3. The van der Waals surface area contributed by atoms with Gasteiger partial charge in [0.25, 0.3) is 0 Å². The second kappa shape index (κ2) is 8.30. The number of ether oxygens (including phenoxy) is 1. The molecule has 0 aliphatic carbocycles. The Balaban J connectivity index is 1.70. The molecule has 0 aliphatic heterocycles. The summed E-state index contributed by atoms with van der Waals surface area (Å²) in [4.78, 5) is 0. The Morgan fingerprint density at radius 1 is 0.893 bits per heavy atom. The van der Waals surface area contributed by atoms with Gasteiger partial charge in [0.2, 0.25) is 0 Å². The zero-order chi connectivity index (χ0) is 19.3. The van der Waals surface area contributed by atoms with Gasteiger partial charge in [0.15, 0.2) is 0 Å². The number of aliphatic hydroxyl groups excluding tert-OH is 1. The summed E-state index contributed by atoms with van der Waals surface area (Å²) in [6.45, 7) is 0.508. The van der Waals surface area contributed by atoms with Gasteiger partial charge in [-0.05, 0) is 49.0 Å². The topological polar surface area (TPSA) is 46.4 Å². The van der Waals surface area contributed by atoms with Crippen LogP contribution in [-0.2, 0) is 0 Å². The highest BCUT2D eigenvalue weighted by Gasteiger charge is 2.23. The summed E-state index contributed by atoms with van der Waals surface area (Å²) in [5.41, 5.74) is 2.14. The van der Waals surface area contributed by atoms with E-state index >= 15 is 0 Å². The molecule has 0 radical (unpaired) electrons. The van der Waals surface area contributed by atoms with E-state index in [1.165, 1.54) is 0 Å². The van der Waals surface area contributed by atoms with E-state index in [-0.39, 0.29) is 6.04 Å². The lowest BCUT2D eigenvalue weighted by atomic mass is 10.0. The van der Waals surface area contributed by atoms with Crippen LogP contribution in [-0.4, -0.2) is 29.4 Å². The summed E-state index contributed by atoms with van der Waals surface area (Å²) in [7, 11) is 1.85. The Morgan fingerprint density at radius 3 is 2.32 bits per heavy atom. The van der Waals surface area contributed by atoms with Gasteiger partial charge in [-0.2, -0.15) is 0 Å². The van der Waals surface area contributed by atoms with Crippen LogP contribution in [0.1, 0.15) is 11.6 Å². The van der Waals surface area contributed by atoms with Crippen LogP contribution in [0, 0.1) is 0 Å². The Kier molecular flexibility index (Phi) is 5.42. The Labute approximate surface area is 165 Å². The molecule has 0 fully saturated rings. The van der Waals surface area contributed by atoms with Crippen molar-refractivity contribution in [2.24, 2.45) is 0 Å². The second-order valence-corrected chi connectivity index (χ2v) is 6.84. The average molecular weight is 372 g/mol. The van der Waals surface area contributed by atoms with E-state index in [1.807, 2.05) is 73.9 Å². The number of nitrogens with zero attached hydrogens (tertiary/aromatic N) is 1. The molecule has 0 amide bonds. The van der Waals surface area contributed by atoms with Crippen LogP contribution in [0.5, 0.6) is 11.5 Å². The van der Waals surface area contributed by atoms with Crippen molar-refractivity contribution < 1.29 is 9.84 Å². The van der Waals surface area contributed by atoms with Crippen molar-refractivity contribution in [3.63, 3.8) is 0 Å². The Bertz CT molecular complexity index is 1030. The number of fused-ring (bicyclic) bond motifs is 1. The van der Waals surface area contributed by atoms with E-state index in [0.717, 1.165) is 28.0 Å². The number of hydrogen-bond acceptors (Lipinski definition) is 3. The number of hydrogen-bond donors (Lipinski definition) is 2. The molecule has 1 aromatic heterocycles. The first kappa shape index (κ1) is 18.3. The zero-order valence-corrected chi connectivity index (χ0v) is 15.8. The minimum Gasteiger partial charge on any atom is -0.457 e. The zero-order valence-electron chi connectivity index (χ0n) is 15.8. The number of likely N-dealkylation sites (N-methyl/N-ethyl adjacent to an activating group) is 1. The lowest BCUT2D eigenvalue weighted by Crippen LogP contribution is -2.33. The van der Waals surface area contributed by atoms with Crippen molar-refractivity contribution in [3.05, 3.63) is 96.7 Å². The molecule has 0 aliphatic rings. The first-order valence-corrected chi connectivity index (χ1v) is 9.47. The summed E-state index contributed by atoms with van der Waals surface area (Å²) in [5.74, 6) is 1.61. The third-order valence-corrected chi connectivity index (χ3v) is 4.89. The molecule has 142 valence electrons. The summed E-state index contributed by atoms with van der Waals surface area (Å²) in [6, 6.07) is 27.8. The highest BCUT2D eigenvalue weighted by molar-refractivity contribution is 5.82. The van der Waals surface area contributed by atoms with Gasteiger partial charge in [-0.3, -0.25) is 0 Å². The quantitative estimate of drug-likeness (QED) is 0.498. The van der Waals surface area contributed by atoms with Crippen LogP contribution >= 0.6 is 0 Å². The number of aliphatic hydroxyl groups is 1. The second-order valence-electron chi connectivity index (χ2n) is 6.84. The smallest absolute Gasteiger partial charge is 0.128 e. The number of rotatable bonds is 7. The van der Waals surface area contributed by atoms with Gasteiger partial charge in [-0.15, -0.1) is 0 Å². The van der Waals surface area contributed by atoms with Gasteiger partial charge in [0, 0.05) is 23.6 Å². The fraction of sp³-hybridized carbons (Fsp3) is 0.167. The molecule has 3 aromatic carbocycles. The van der Waals surface area contributed by atoms with Crippen molar-refractivity contribution in [2.75, 3.05) is 13.6 Å². The lowest BCUT2D eigenvalue weighted by molar-refractivity contribution is 0.132. The fourth-order valence-corrected chi connectivity index (χ4v) is 3.61. The van der Waals surface area contributed by atoms with Crippen LogP contribution in [0.3, 0.4) is 0 Å². The predicted octanol–water partition coefficient (Wildman–Crippen LogP) is 4.60. The summed E-state index contributed by atoms with van der Waals surface area (Å²) >= 11 is 0. The molecule has 28 heavy (non-hydrogen) atoms. The predicted molar refractivity (Wildman–Crippen MR) is 113 cm³/mol. The molecule has 4 rings (SSSR count). The van der Waals surface area contributed by atoms with Gasteiger partial charge in [-0.25, -0.2) is 0 Å². The molecule has 0 spiro atoms. The maximum atomic E-state index is 10.8. The monoisotopic (exact) mass is 372 g/mol. The lowest BCUT2D eigenvalue weighted by Gasteiger charge is -2.26. The van der Waals surface area contributed by atoms with Gasteiger partial charge < -0.3 is 19.7 Å².